The van der Waals surface area contributed by atoms with Crippen LogP contribution < -0.4 is 0 Å². The number of aromatic nitrogens is 4. The number of likely N-dealkylation sites (tertiary alicyclic amines) is 2. The topological polar surface area (TPSA) is 158 Å². The number of rotatable bonds is 10. The fraction of sp³-hybridized carbons (Fsp3) is 0.400. The first-order valence-electron chi connectivity index (χ1n) is 22.2. The van der Waals surface area contributed by atoms with Gasteiger partial charge in [0.2, 0.25) is 11.8 Å². The van der Waals surface area contributed by atoms with Gasteiger partial charge in [-0.25, -0.2) is 19.6 Å². The lowest BCUT2D eigenvalue weighted by Crippen LogP contribution is -2.44. The van der Waals surface area contributed by atoms with Crippen molar-refractivity contribution in [1.29, 1.82) is 0 Å². The molecule has 0 aliphatic carbocycles. The van der Waals surface area contributed by atoms with E-state index in [-0.39, 0.29) is 60.9 Å². The number of hydrogen-bond donors (Lipinski definition) is 1. The number of nitrogens with zero attached hydrogens (tertiary/aromatic N) is 6. The second-order valence-corrected chi connectivity index (χ2v) is 23.3. The molecule has 2 fully saturated rings. The molecule has 0 radical (unpaired) electrons. The number of β-amino-alcohol motifs (C(OH)–C–C–N with tert-alkyl or cyclic N) is 1. The zero-order valence-corrected chi connectivity index (χ0v) is 39.3. The van der Waals surface area contributed by atoms with Crippen molar-refractivity contribution in [1.82, 2.24) is 28.9 Å². The molecule has 0 saturated carbocycles. The Hall–Kier alpha value is -6.16. The highest BCUT2D eigenvalue weighted by Gasteiger charge is 2.44. The SMILES string of the molecule is CC(=O)n1cc(C[C@@H]2C[C@@H](O)CN2C(=O)OCc2ccccc2)c2cccnc21.CC(=O)n1cc(C[C@@H]2C[C@@H](O[Si](C)(C)C(C)(C)C)CN2C(=O)OCc2ccccc2)c2cccnc21. The summed E-state index contributed by atoms with van der Waals surface area (Å²) in [4.78, 5) is 62.3. The van der Waals surface area contributed by atoms with Gasteiger partial charge in [-0.05, 0) is 90.3 Å². The molecule has 2 aliphatic rings. The predicted molar refractivity (Wildman–Crippen MR) is 251 cm³/mol. The molecule has 0 bridgehead atoms. The zero-order chi connectivity index (χ0) is 46.5. The fourth-order valence-electron chi connectivity index (χ4n) is 8.45. The molecule has 65 heavy (non-hydrogen) atoms. The Bertz CT molecular complexity index is 2620. The summed E-state index contributed by atoms with van der Waals surface area (Å²) < 4.78 is 21.0. The molecule has 0 spiro atoms. The molecule has 2 amide bonds. The van der Waals surface area contributed by atoms with Crippen LogP contribution in [0.5, 0.6) is 0 Å². The number of aliphatic hydroxyl groups is 1. The minimum Gasteiger partial charge on any atom is -0.445 e. The molecule has 14 nitrogen and oxygen atoms in total. The van der Waals surface area contributed by atoms with Gasteiger partial charge in [0.05, 0.1) is 18.8 Å². The highest BCUT2D eigenvalue weighted by Crippen LogP contribution is 2.39. The third-order valence-corrected chi connectivity index (χ3v) is 17.3. The Morgan fingerprint density at radius 1 is 0.662 bits per heavy atom. The Kier molecular flexibility index (Phi) is 14.4. The van der Waals surface area contributed by atoms with E-state index in [1.165, 1.54) is 18.4 Å². The number of aliphatic hydroxyl groups excluding tert-OH is 1. The molecule has 4 aromatic heterocycles. The van der Waals surface area contributed by atoms with Crippen LogP contribution in [0.1, 0.15) is 79.3 Å². The smallest absolute Gasteiger partial charge is 0.410 e. The summed E-state index contributed by atoms with van der Waals surface area (Å²) in [6.45, 7) is 15.3. The molecule has 2 saturated heterocycles. The summed E-state index contributed by atoms with van der Waals surface area (Å²) >= 11 is 0. The van der Waals surface area contributed by atoms with E-state index in [1.54, 1.807) is 28.1 Å². The van der Waals surface area contributed by atoms with E-state index in [0.29, 0.717) is 37.1 Å². The number of carbonyl (C=O) groups is 4. The van der Waals surface area contributed by atoms with E-state index >= 15 is 0 Å². The average molecular weight is 901 g/mol. The highest BCUT2D eigenvalue weighted by molar-refractivity contribution is 6.74. The van der Waals surface area contributed by atoms with E-state index in [9.17, 15) is 24.3 Å². The van der Waals surface area contributed by atoms with E-state index in [4.69, 9.17) is 13.9 Å². The van der Waals surface area contributed by atoms with Gasteiger partial charge >= 0.3 is 12.2 Å². The van der Waals surface area contributed by atoms with Crippen molar-refractivity contribution in [2.75, 3.05) is 13.1 Å². The molecule has 1 N–H and O–H groups in total. The number of benzene rings is 2. The molecule has 2 aliphatic heterocycles. The highest BCUT2D eigenvalue weighted by atomic mass is 28.4. The van der Waals surface area contributed by atoms with Gasteiger partial charge in [-0.1, -0.05) is 81.4 Å². The predicted octanol–water partition coefficient (Wildman–Crippen LogP) is 9.05. The van der Waals surface area contributed by atoms with Gasteiger partial charge in [-0.2, -0.15) is 0 Å². The van der Waals surface area contributed by atoms with Crippen LogP contribution in [0.2, 0.25) is 18.1 Å². The quantitative estimate of drug-likeness (QED) is 0.132. The minimum atomic E-state index is -2.02. The molecule has 6 heterocycles. The average Bonchev–Trinajstić information content (AvgIpc) is 4.06. The Balaban J connectivity index is 0.000000198. The zero-order valence-electron chi connectivity index (χ0n) is 38.3. The van der Waals surface area contributed by atoms with Crippen molar-refractivity contribution >= 4 is 54.4 Å². The lowest BCUT2D eigenvalue weighted by Gasteiger charge is -2.38. The lowest BCUT2D eigenvalue weighted by molar-refractivity contribution is 0.0873. The molecule has 15 heteroatoms. The first-order chi connectivity index (χ1) is 31.0. The molecule has 342 valence electrons. The summed E-state index contributed by atoms with van der Waals surface area (Å²) in [5, 5.41) is 12.0. The number of hydrogen-bond acceptors (Lipinski definition) is 10. The van der Waals surface area contributed by atoms with Crippen LogP contribution in [0, 0.1) is 0 Å². The largest absolute Gasteiger partial charge is 0.445 e. The molecule has 2 aromatic carbocycles. The summed E-state index contributed by atoms with van der Waals surface area (Å²) in [7, 11) is -2.02. The summed E-state index contributed by atoms with van der Waals surface area (Å²) in [6.07, 6.45) is 7.85. The summed E-state index contributed by atoms with van der Waals surface area (Å²) in [6, 6.07) is 26.5. The van der Waals surface area contributed by atoms with E-state index in [0.717, 1.165) is 39.4 Å². The monoisotopic (exact) mass is 900 g/mol. The van der Waals surface area contributed by atoms with Crippen LogP contribution >= 0.6 is 0 Å². The number of ether oxygens (including phenoxy) is 2. The third-order valence-electron chi connectivity index (χ3n) is 12.8. The van der Waals surface area contributed by atoms with Crippen LogP contribution in [0.3, 0.4) is 0 Å². The number of amides is 2. The van der Waals surface area contributed by atoms with E-state index in [2.05, 4.69) is 43.8 Å². The second kappa shape index (κ2) is 19.9. The van der Waals surface area contributed by atoms with E-state index in [1.807, 2.05) is 96.0 Å². The molecular weight excluding hydrogens is 841 g/mol. The summed E-state index contributed by atoms with van der Waals surface area (Å²) in [5.74, 6) is -0.208. The number of fused-ring (bicyclic) bond motifs is 2. The van der Waals surface area contributed by atoms with Crippen molar-refractivity contribution in [2.45, 2.75) is 116 Å². The molecule has 6 aromatic rings. The van der Waals surface area contributed by atoms with Crippen LogP contribution in [0.4, 0.5) is 9.59 Å². The van der Waals surface area contributed by atoms with Crippen molar-refractivity contribution in [3.63, 3.8) is 0 Å². The maximum atomic E-state index is 13.3. The van der Waals surface area contributed by atoms with Gasteiger partial charge < -0.3 is 28.8 Å². The van der Waals surface area contributed by atoms with Crippen molar-refractivity contribution in [3.8, 4) is 0 Å². The number of carbonyl (C=O) groups excluding carboxylic acids is 4. The Morgan fingerprint density at radius 2 is 1.11 bits per heavy atom. The summed E-state index contributed by atoms with van der Waals surface area (Å²) in [5.41, 5.74) is 5.02. The number of pyridine rings is 2. The lowest BCUT2D eigenvalue weighted by atomic mass is 10.0. The normalized spacial score (nSPS) is 18.7. The van der Waals surface area contributed by atoms with Crippen LogP contribution in [0.25, 0.3) is 22.1 Å². The standard InChI is InChI=1S/C28H37N3O4Si.C22H23N3O4/c1-20(32)30-17-22(25-13-10-14-29-26(25)30)15-23-16-24(35-36(5,6)28(2,3)4)18-31(23)27(33)34-19-21-11-8-7-9-12-21;1-15(26)24-12-17(20-8-5-9-23-21(20)24)10-18-11-19(27)13-25(18)22(28)29-14-16-6-3-2-4-7-16/h7-14,17,23-24H,15-16,18-19H2,1-6H3;2-9,12,18-19,27H,10-11,13-14H2,1H3/t23-,24-;18-,19-/m11/s1. The van der Waals surface area contributed by atoms with Crippen LogP contribution in [-0.4, -0.2) is 104 Å². The van der Waals surface area contributed by atoms with Gasteiger partial charge in [0.25, 0.3) is 0 Å². The van der Waals surface area contributed by atoms with Crippen molar-refractivity contribution < 1.29 is 38.2 Å². The van der Waals surface area contributed by atoms with Crippen LogP contribution in [0.15, 0.2) is 110 Å². The maximum absolute atomic E-state index is 13.3. The third kappa shape index (κ3) is 11.0. The maximum Gasteiger partial charge on any atom is 0.410 e. The first-order valence-corrected chi connectivity index (χ1v) is 25.1. The first kappa shape index (κ1) is 46.8. The second-order valence-electron chi connectivity index (χ2n) is 18.6. The minimum absolute atomic E-state index is 0.0561. The van der Waals surface area contributed by atoms with Gasteiger partial charge in [0.1, 0.15) is 24.5 Å². The van der Waals surface area contributed by atoms with Crippen molar-refractivity contribution in [3.05, 3.63) is 132 Å². The molecule has 0 unspecified atom stereocenters. The molecule has 4 atom stereocenters. The van der Waals surface area contributed by atoms with Gasteiger partial charge in [0.15, 0.2) is 8.32 Å². The molecular formula is C50H60N6O8Si. The van der Waals surface area contributed by atoms with Gasteiger partial charge in [-0.3, -0.25) is 18.7 Å². The van der Waals surface area contributed by atoms with Gasteiger partial charge in [-0.15, -0.1) is 0 Å². The Morgan fingerprint density at radius 3 is 1.55 bits per heavy atom. The van der Waals surface area contributed by atoms with Crippen molar-refractivity contribution in [2.24, 2.45) is 0 Å². The fourth-order valence-corrected chi connectivity index (χ4v) is 9.81. The van der Waals surface area contributed by atoms with E-state index < -0.39 is 20.5 Å². The molecule has 8 rings (SSSR count). The van der Waals surface area contributed by atoms with Crippen LogP contribution in [-0.2, 0) is 40.0 Å². The van der Waals surface area contributed by atoms with Gasteiger partial charge in [0, 0.05) is 68.0 Å². The Labute approximate surface area is 381 Å².